The number of halogens is 3. The van der Waals surface area contributed by atoms with Crippen LogP contribution in [-0.2, 0) is 9.53 Å². The van der Waals surface area contributed by atoms with Crippen LogP contribution < -0.4 is 5.32 Å². The van der Waals surface area contributed by atoms with Gasteiger partial charge in [-0.15, -0.1) is 0 Å². The van der Waals surface area contributed by atoms with Gasteiger partial charge in [0.15, 0.2) is 0 Å². The lowest BCUT2D eigenvalue weighted by Crippen LogP contribution is -2.47. The van der Waals surface area contributed by atoms with Crippen LogP contribution in [0.5, 0.6) is 0 Å². The minimum Gasteiger partial charge on any atom is -0.444 e. The first kappa shape index (κ1) is 14.7. The molecule has 0 aromatic carbocycles. The number of amides is 1. The van der Waals surface area contributed by atoms with Crippen LogP contribution in [0.2, 0.25) is 0 Å². The van der Waals surface area contributed by atoms with Crippen LogP contribution in [0.3, 0.4) is 0 Å². The highest BCUT2D eigenvalue weighted by atomic mass is 19.4. The Hall–Kier alpha value is -1.27. The summed E-state index contributed by atoms with van der Waals surface area (Å²) in [6.07, 6.45) is -6.60. The minimum atomic E-state index is -4.67. The van der Waals surface area contributed by atoms with Gasteiger partial charge in [-0.05, 0) is 20.8 Å². The lowest BCUT2D eigenvalue weighted by molar-refractivity contribution is -0.158. The molecular weight excluding hydrogens is 227 g/mol. The Labute approximate surface area is 91.1 Å². The van der Waals surface area contributed by atoms with E-state index in [2.05, 4.69) is 4.74 Å². The molecule has 7 heteroatoms. The fourth-order valence-electron chi connectivity index (χ4n) is 0.820. The SMILES string of the molecule is CC(C)(C)OC(=O)N[C@@H](CC=O)C(F)(F)F. The van der Waals surface area contributed by atoms with Gasteiger partial charge in [0.1, 0.15) is 17.9 Å². The maximum absolute atomic E-state index is 12.3. The molecule has 0 aliphatic rings. The van der Waals surface area contributed by atoms with Crippen LogP contribution in [0.4, 0.5) is 18.0 Å². The average molecular weight is 241 g/mol. The van der Waals surface area contributed by atoms with Gasteiger partial charge in [0, 0.05) is 6.42 Å². The molecule has 0 heterocycles. The van der Waals surface area contributed by atoms with E-state index in [1.54, 1.807) is 5.32 Å². The highest BCUT2D eigenvalue weighted by molar-refractivity contribution is 5.69. The smallest absolute Gasteiger partial charge is 0.409 e. The topological polar surface area (TPSA) is 55.4 Å². The van der Waals surface area contributed by atoms with Crippen molar-refractivity contribution in [3.05, 3.63) is 0 Å². The molecule has 0 radical (unpaired) electrons. The molecule has 4 nitrogen and oxygen atoms in total. The van der Waals surface area contributed by atoms with Crippen molar-refractivity contribution >= 4 is 12.4 Å². The predicted octanol–water partition coefficient (Wildman–Crippen LogP) is 2.03. The summed E-state index contributed by atoms with van der Waals surface area (Å²) < 4.78 is 41.5. The number of hydrogen-bond acceptors (Lipinski definition) is 3. The predicted molar refractivity (Wildman–Crippen MR) is 49.9 cm³/mol. The molecule has 0 aliphatic carbocycles. The lowest BCUT2D eigenvalue weighted by Gasteiger charge is -2.23. The van der Waals surface area contributed by atoms with Crippen LogP contribution in [0.1, 0.15) is 27.2 Å². The van der Waals surface area contributed by atoms with E-state index in [0.717, 1.165) is 0 Å². The van der Waals surface area contributed by atoms with Gasteiger partial charge in [-0.1, -0.05) is 0 Å². The van der Waals surface area contributed by atoms with Crippen molar-refractivity contribution in [2.45, 2.75) is 45.0 Å². The van der Waals surface area contributed by atoms with Gasteiger partial charge in [0.2, 0.25) is 0 Å². The Bertz CT molecular complexity index is 258. The minimum absolute atomic E-state index is 0.0928. The molecule has 0 unspecified atom stereocenters. The van der Waals surface area contributed by atoms with Crippen LogP contribution in [-0.4, -0.2) is 30.2 Å². The lowest BCUT2D eigenvalue weighted by atomic mass is 10.2. The first-order chi connectivity index (χ1) is 7.06. The summed E-state index contributed by atoms with van der Waals surface area (Å²) in [6, 6.07) is -2.21. The molecule has 0 spiro atoms. The van der Waals surface area contributed by atoms with Gasteiger partial charge in [0.05, 0.1) is 0 Å². The van der Waals surface area contributed by atoms with Crippen molar-refractivity contribution in [1.29, 1.82) is 0 Å². The van der Waals surface area contributed by atoms with E-state index < -0.39 is 30.3 Å². The molecular formula is C9H14F3NO3. The van der Waals surface area contributed by atoms with E-state index in [0.29, 0.717) is 0 Å². The summed E-state index contributed by atoms with van der Waals surface area (Å²) in [7, 11) is 0. The van der Waals surface area contributed by atoms with Gasteiger partial charge in [0.25, 0.3) is 0 Å². The highest BCUT2D eigenvalue weighted by Crippen LogP contribution is 2.22. The summed E-state index contributed by atoms with van der Waals surface area (Å²) in [5, 5.41) is 1.60. The summed E-state index contributed by atoms with van der Waals surface area (Å²) in [4.78, 5) is 21.1. The normalized spacial score (nSPS) is 14.1. The molecule has 1 N–H and O–H groups in total. The number of hydrogen-bond donors (Lipinski definition) is 1. The number of carbonyl (C=O) groups excluding carboxylic acids is 2. The second-order valence-corrected chi connectivity index (χ2v) is 4.14. The van der Waals surface area contributed by atoms with E-state index in [-0.39, 0.29) is 6.29 Å². The zero-order valence-electron chi connectivity index (χ0n) is 9.22. The van der Waals surface area contributed by atoms with Crippen molar-refractivity contribution in [2.75, 3.05) is 0 Å². The number of nitrogens with one attached hydrogen (secondary N) is 1. The maximum atomic E-state index is 12.3. The Kier molecular flexibility index (Phi) is 4.77. The summed E-state index contributed by atoms with van der Waals surface area (Å²) in [5.41, 5.74) is -0.887. The molecule has 0 saturated carbocycles. The Morgan fingerprint density at radius 1 is 1.38 bits per heavy atom. The van der Waals surface area contributed by atoms with Crippen LogP contribution in [0, 0.1) is 0 Å². The van der Waals surface area contributed by atoms with Gasteiger partial charge >= 0.3 is 12.3 Å². The van der Waals surface area contributed by atoms with Gasteiger partial charge < -0.3 is 14.8 Å². The number of rotatable bonds is 3. The molecule has 0 aliphatic heterocycles. The highest BCUT2D eigenvalue weighted by Gasteiger charge is 2.41. The Balaban J connectivity index is 4.42. The summed E-state index contributed by atoms with van der Waals surface area (Å²) in [5.74, 6) is 0. The number of alkyl carbamates (subject to hydrolysis) is 1. The zero-order valence-corrected chi connectivity index (χ0v) is 9.22. The Morgan fingerprint density at radius 2 is 1.88 bits per heavy atom. The third-order valence-electron chi connectivity index (χ3n) is 1.42. The summed E-state index contributed by atoms with van der Waals surface area (Å²) in [6.45, 7) is 4.57. The molecule has 1 atom stereocenters. The van der Waals surface area contributed by atoms with Gasteiger partial charge in [-0.2, -0.15) is 13.2 Å². The van der Waals surface area contributed by atoms with E-state index in [1.807, 2.05) is 0 Å². The average Bonchev–Trinajstić information content (AvgIpc) is 1.97. The third kappa shape index (κ3) is 6.26. The Morgan fingerprint density at radius 3 is 2.19 bits per heavy atom. The van der Waals surface area contributed by atoms with Crippen molar-refractivity contribution in [3.63, 3.8) is 0 Å². The monoisotopic (exact) mass is 241 g/mol. The molecule has 0 fully saturated rings. The van der Waals surface area contributed by atoms with Crippen molar-refractivity contribution in [2.24, 2.45) is 0 Å². The van der Waals surface area contributed by atoms with Crippen LogP contribution in [0.25, 0.3) is 0 Å². The number of alkyl halides is 3. The molecule has 1 amide bonds. The largest absolute Gasteiger partial charge is 0.444 e. The van der Waals surface area contributed by atoms with Crippen LogP contribution in [0.15, 0.2) is 0 Å². The maximum Gasteiger partial charge on any atom is 0.409 e. The zero-order chi connectivity index (χ0) is 13.0. The fourth-order valence-corrected chi connectivity index (χ4v) is 0.820. The third-order valence-corrected chi connectivity index (χ3v) is 1.42. The second-order valence-electron chi connectivity index (χ2n) is 4.14. The molecule has 94 valence electrons. The fraction of sp³-hybridized carbons (Fsp3) is 0.778. The van der Waals surface area contributed by atoms with Crippen molar-refractivity contribution in [1.82, 2.24) is 5.32 Å². The van der Waals surface area contributed by atoms with E-state index in [1.165, 1.54) is 20.8 Å². The van der Waals surface area contributed by atoms with Crippen LogP contribution >= 0.6 is 0 Å². The first-order valence-corrected chi connectivity index (χ1v) is 4.56. The van der Waals surface area contributed by atoms with Crippen molar-refractivity contribution in [3.8, 4) is 0 Å². The molecule has 0 bridgehead atoms. The number of carbonyl (C=O) groups is 2. The first-order valence-electron chi connectivity index (χ1n) is 4.56. The molecule has 0 aromatic heterocycles. The number of aldehydes is 1. The van der Waals surface area contributed by atoms with E-state index >= 15 is 0 Å². The molecule has 0 rings (SSSR count). The molecule has 16 heavy (non-hydrogen) atoms. The van der Waals surface area contributed by atoms with Gasteiger partial charge in [-0.25, -0.2) is 4.79 Å². The second kappa shape index (κ2) is 5.18. The summed E-state index contributed by atoms with van der Waals surface area (Å²) >= 11 is 0. The van der Waals surface area contributed by atoms with E-state index in [4.69, 9.17) is 0 Å². The van der Waals surface area contributed by atoms with Gasteiger partial charge in [-0.3, -0.25) is 0 Å². The molecule has 0 aromatic rings. The van der Waals surface area contributed by atoms with E-state index in [9.17, 15) is 22.8 Å². The molecule has 0 saturated heterocycles. The van der Waals surface area contributed by atoms with Crippen molar-refractivity contribution < 1.29 is 27.5 Å². The standard InChI is InChI=1S/C9H14F3NO3/c1-8(2,3)16-7(15)13-6(4-5-14)9(10,11)12/h5-6H,4H2,1-3H3,(H,13,15)/t6-/m0/s1. The number of ether oxygens (including phenoxy) is 1. The quantitative estimate of drug-likeness (QED) is 0.769.